The number of aryl methyl sites for hydroxylation is 1. The van der Waals surface area contributed by atoms with Crippen molar-refractivity contribution in [2.45, 2.75) is 25.4 Å². The number of aromatic amines is 1. The molecule has 2 aliphatic heterocycles. The molecule has 0 saturated carbocycles. The Morgan fingerprint density at radius 2 is 2.15 bits per heavy atom. The third-order valence-corrected chi connectivity index (χ3v) is 5.46. The van der Waals surface area contributed by atoms with Crippen molar-refractivity contribution >= 4 is 12.0 Å². The number of carbonyl (C=O) groups excluding carboxylic acids is 2. The van der Waals surface area contributed by atoms with Crippen LogP contribution in [0.15, 0.2) is 6.33 Å². The molecule has 1 aromatic rings. The molecule has 1 N–H and O–H groups in total. The zero-order chi connectivity index (χ0) is 19.4. The fourth-order valence-corrected chi connectivity index (χ4v) is 3.62. The Morgan fingerprint density at radius 1 is 1.41 bits per heavy atom. The summed E-state index contributed by atoms with van der Waals surface area (Å²) in [6, 6.07) is 0. The molecule has 27 heavy (non-hydrogen) atoms. The van der Waals surface area contributed by atoms with Gasteiger partial charge in [0.15, 0.2) is 0 Å². The van der Waals surface area contributed by atoms with Gasteiger partial charge in [-0.2, -0.15) is 0 Å². The first-order valence-corrected chi connectivity index (χ1v) is 9.39. The number of carbonyl (C=O) groups is 2. The van der Waals surface area contributed by atoms with E-state index in [4.69, 9.17) is 9.47 Å². The molecule has 2 fully saturated rings. The Kier molecular flexibility index (Phi) is 6.01. The summed E-state index contributed by atoms with van der Waals surface area (Å²) in [6.07, 6.45) is 2.60. The highest BCUT2D eigenvalue weighted by Gasteiger charge is 2.47. The van der Waals surface area contributed by atoms with Crippen LogP contribution in [0, 0.1) is 6.92 Å². The van der Waals surface area contributed by atoms with Gasteiger partial charge in [-0.1, -0.05) is 0 Å². The van der Waals surface area contributed by atoms with Gasteiger partial charge in [0.25, 0.3) is 5.91 Å². The minimum Gasteiger partial charge on any atom is -0.441 e. The first kappa shape index (κ1) is 19.6. The number of rotatable bonds is 7. The second-order valence-corrected chi connectivity index (χ2v) is 7.44. The summed E-state index contributed by atoms with van der Waals surface area (Å²) in [7, 11) is 3.69. The van der Waals surface area contributed by atoms with E-state index < -0.39 is 5.60 Å². The lowest BCUT2D eigenvalue weighted by Crippen LogP contribution is -2.49. The van der Waals surface area contributed by atoms with E-state index in [1.54, 1.807) is 16.9 Å². The van der Waals surface area contributed by atoms with Crippen LogP contribution in [0.1, 0.15) is 29.0 Å². The summed E-state index contributed by atoms with van der Waals surface area (Å²) >= 11 is 0. The Labute approximate surface area is 159 Å². The second-order valence-electron chi connectivity index (χ2n) is 7.44. The monoisotopic (exact) mass is 379 g/mol. The van der Waals surface area contributed by atoms with Crippen molar-refractivity contribution in [2.24, 2.45) is 0 Å². The normalized spacial score (nSPS) is 19.2. The van der Waals surface area contributed by atoms with E-state index in [1.165, 1.54) is 6.33 Å². The number of piperidine rings is 1. The van der Waals surface area contributed by atoms with Crippen LogP contribution in [0.4, 0.5) is 4.79 Å². The number of likely N-dealkylation sites (N-methyl/N-ethyl adjacent to an activating group) is 1. The lowest BCUT2D eigenvalue weighted by molar-refractivity contribution is 0.00295. The van der Waals surface area contributed by atoms with Crippen molar-refractivity contribution < 1.29 is 19.1 Å². The molecule has 0 unspecified atom stereocenters. The topological polar surface area (TPSA) is 91.0 Å². The van der Waals surface area contributed by atoms with Gasteiger partial charge in [-0.05, 0) is 14.0 Å². The summed E-state index contributed by atoms with van der Waals surface area (Å²) in [4.78, 5) is 37.6. The van der Waals surface area contributed by atoms with Crippen molar-refractivity contribution in [2.75, 3.05) is 60.0 Å². The Hall–Kier alpha value is -2.13. The number of hydrogen-bond donors (Lipinski definition) is 1. The van der Waals surface area contributed by atoms with Crippen molar-refractivity contribution in [1.82, 2.24) is 24.7 Å². The third-order valence-electron chi connectivity index (χ3n) is 5.46. The maximum absolute atomic E-state index is 12.6. The summed E-state index contributed by atoms with van der Waals surface area (Å²) in [6.45, 7) is 6.48. The number of aromatic nitrogens is 2. The highest BCUT2D eigenvalue weighted by Crippen LogP contribution is 2.33. The van der Waals surface area contributed by atoms with Gasteiger partial charge in [0, 0.05) is 58.4 Å². The highest BCUT2D eigenvalue weighted by molar-refractivity contribution is 5.93. The Bertz CT molecular complexity index is 668. The minimum atomic E-state index is -0.473. The number of H-pyrrole nitrogens is 1. The van der Waals surface area contributed by atoms with Crippen molar-refractivity contribution in [3.05, 3.63) is 17.7 Å². The Balaban J connectivity index is 1.50. The fraction of sp³-hybridized carbons (Fsp3) is 0.722. The zero-order valence-corrected chi connectivity index (χ0v) is 16.4. The lowest BCUT2D eigenvalue weighted by atomic mass is 9.91. The summed E-state index contributed by atoms with van der Waals surface area (Å²) in [5.74, 6) is -0.0652. The molecule has 2 saturated heterocycles. The molecule has 0 radical (unpaired) electrons. The van der Waals surface area contributed by atoms with Gasteiger partial charge in [-0.25, -0.2) is 9.78 Å². The Morgan fingerprint density at radius 3 is 2.78 bits per heavy atom. The summed E-state index contributed by atoms with van der Waals surface area (Å²) < 4.78 is 10.8. The molecule has 2 aliphatic rings. The van der Waals surface area contributed by atoms with Gasteiger partial charge in [0.05, 0.1) is 19.5 Å². The minimum absolute atomic E-state index is 0.0652. The van der Waals surface area contributed by atoms with E-state index in [-0.39, 0.29) is 12.0 Å². The molecular formula is C18H29N5O4. The first-order chi connectivity index (χ1) is 12.9. The van der Waals surface area contributed by atoms with Gasteiger partial charge in [0.2, 0.25) is 0 Å². The number of nitrogens with one attached hydrogen (secondary N) is 1. The number of methoxy groups -OCH3 is 1. The smallest absolute Gasteiger partial charge is 0.410 e. The van der Waals surface area contributed by atoms with Gasteiger partial charge in [-0.3, -0.25) is 4.79 Å². The SMILES string of the molecule is COCCN(C)CCN1CC2(CCN(C(=O)c3nc[nH]c3C)CC2)OC1=O. The molecule has 0 bridgehead atoms. The molecule has 1 spiro atoms. The summed E-state index contributed by atoms with van der Waals surface area (Å²) in [5, 5.41) is 0. The van der Waals surface area contributed by atoms with E-state index in [1.807, 2.05) is 14.0 Å². The van der Waals surface area contributed by atoms with E-state index in [0.29, 0.717) is 51.3 Å². The standard InChI is InChI=1S/C18H29N5O4/c1-14-15(20-13-19-14)16(24)22-6-4-18(5-7-22)12-23(17(25)27-18)9-8-21(2)10-11-26-3/h13H,4-12H2,1-3H3,(H,19,20). The molecule has 9 heteroatoms. The zero-order valence-electron chi connectivity index (χ0n) is 16.4. The molecular weight excluding hydrogens is 350 g/mol. The predicted octanol–water partition coefficient (Wildman–Crippen LogP) is 0.723. The van der Waals surface area contributed by atoms with Gasteiger partial charge >= 0.3 is 6.09 Å². The molecule has 0 atom stereocenters. The molecule has 2 amide bonds. The third kappa shape index (κ3) is 4.41. The van der Waals surface area contributed by atoms with Gasteiger partial charge in [-0.15, -0.1) is 0 Å². The van der Waals surface area contributed by atoms with Crippen LogP contribution >= 0.6 is 0 Å². The molecule has 9 nitrogen and oxygen atoms in total. The van der Waals surface area contributed by atoms with Gasteiger partial charge < -0.3 is 29.2 Å². The van der Waals surface area contributed by atoms with Crippen LogP contribution in [0.2, 0.25) is 0 Å². The highest BCUT2D eigenvalue weighted by atomic mass is 16.6. The number of imidazole rings is 1. The maximum atomic E-state index is 12.6. The quantitative estimate of drug-likeness (QED) is 0.751. The first-order valence-electron chi connectivity index (χ1n) is 9.39. The molecule has 0 aliphatic carbocycles. The average Bonchev–Trinajstić information content (AvgIpc) is 3.21. The van der Waals surface area contributed by atoms with Crippen LogP contribution in [0.3, 0.4) is 0 Å². The van der Waals surface area contributed by atoms with E-state index >= 15 is 0 Å². The molecule has 1 aromatic heterocycles. The van der Waals surface area contributed by atoms with Crippen LogP contribution in [-0.2, 0) is 9.47 Å². The second kappa shape index (κ2) is 8.26. The van der Waals surface area contributed by atoms with Crippen LogP contribution < -0.4 is 0 Å². The van der Waals surface area contributed by atoms with Crippen molar-refractivity contribution in [1.29, 1.82) is 0 Å². The molecule has 3 rings (SSSR count). The molecule has 150 valence electrons. The number of amides is 2. The lowest BCUT2D eigenvalue weighted by Gasteiger charge is -2.37. The maximum Gasteiger partial charge on any atom is 0.410 e. The van der Waals surface area contributed by atoms with E-state index in [9.17, 15) is 9.59 Å². The molecule has 3 heterocycles. The fourth-order valence-electron chi connectivity index (χ4n) is 3.62. The number of hydrogen-bond acceptors (Lipinski definition) is 6. The number of nitrogens with zero attached hydrogens (tertiary/aromatic N) is 4. The van der Waals surface area contributed by atoms with Crippen molar-refractivity contribution in [3.63, 3.8) is 0 Å². The van der Waals surface area contributed by atoms with Gasteiger partial charge in [0.1, 0.15) is 11.3 Å². The number of ether oxygens (including phenoxy) is 2. The van der Waals surface area contributed by atoms with E-state index in [2.05, 4.69) is 14.9 Å². The van der Waals surface area contributed by atoms with Crippen LogP contribution in [0.25, 0.3) is 0 Å². The average molecular weight is 379 g/mol. The molecule has 0 aromatic carbocycles. The van der Waals surface area contributed by atoms with Crippen molar-refractivity contribution in [3.8, 4) is 0 Å². The number of likely N-dealkylation sites (tertiary alicyclic amines) is 1. The van der Waals surface area contributed by atoms with Crippen LogP contribution in [0.5, 0.6) is 0 Å². The van der Waals surface area contributed by atoms with Crippen LogP contribution in [-0.4, -0.2) is 102 Å². The summed E-state index contributed by atoms with van der Waals surface area (Å²) in [5.41, 5.74) is 0.769. The predicted molar refractivity (Wildman–Crippen MR) is 98.6 cm³/mol. The van der Waals surface area contributed by atoms with E-state index in [0.717, 1.165) is 18.8 Å². The largest absolute Gasteiger partial charge is 0.441 e.